The molecule has 3 amide bonds. The van der Waals surface area contributed by atoms with E-state index in [0.717, 1.165) is 104 Å². The zero-order chi connectivity index (χ0) is 38.3. The van der Waals surface area contributed by atoms with Crippen LogP contribution in [0.25, 0.3) is 21.9 Å². The summed E-state index contributed by atoms with van der Waals surface area (Å²) >= 11 is 0. The fourth-order valence-electron chi connectivity index (χ4n) is 8.10. The second-order valence-electron chi connectivity index (χ2n) is 15.1. The van der Waals surface area contributed by atoms with E-state index < -0.39 is 0 Å². The summed E-state index contributed by atoms with van der Waals surface area (Å²) in [4.78, 5) is 48.1. The minimum Gasteiger partial charge on any atom is -0.493 e. The molecule has 0 spiro atoms. The van der Waals surface area contributed by atoms with Gasteiger partial charge in [-0.05, 0) is 98.8 Å². The summed E-state index contributed by atoms with van der Waals surface area (Å²) in [5, 5.41) is 3.91. The standard InChI is InChI=1S/C43H54N6O6/c1-4-5-17-48-29-37(35-10-16-44-27-36(35)42(48)51)32-7-9-39(40(25-32)53-3)55-33-13-20-47(21-14-33)28-31-11-18-46(19-12-31)23-24-54-34-8-6-30(2)38(26-34)49-22-15-41(50)45-43(49)52/h6-10,16,25-27,29,31,33H,4-5,11-15,17-24,28H2,1-3H3,(H,45,50,52). The van der Waals surface area contributed by atoms with Gasteiger partial charge in [0, 0.05) is 75.9 Å². The molecule has 0 atom stereocenters. The molecule has 1 N–H and O–H groups in total. The number of anilines is 1. The van der Waals surface area contributed by atoms with Crippen LogP contribution in [0.1, 0.15) is 57.4 Å². The number of carbonyl (C=O) groups excluding carboxylic acids is 2. The first-order chi connectivity index (χ1) is 26.8. The molecular formula is C43H54N6O6. The molecule has 0 unspecified atom stereocenters. The highest BCUT2D eigenvalue weighted by Crippen LogP contribution is 2.36. The number of aromatic nitrogens is 2. The number of benzene rings is 2. The zero-order valence-electron chi connectivity index (χ0n) is 32.4. The maximum absolute atomic E-state index is 13.2. The van der Waals surface area contributed by atoms with Gasteiger partial charge in [0.25, 0.3) is 5.56 Å². The second kappa shape index (κ2) is 17.7. The Kier molecular flexibility index (Phi) is 12.3. The van der Waals surface area contributed by atoms with E-state index in [-0.39, 0.29) is 23.6 Å². The Morgan fingerprint density at radius 2 is 1.67 bits per heavy atom. The van der Waals surface area contributed by atoms with Crippen molar-refractivity contribution in [3.8, 4) is 28.4 Å². The van der Waals surface area contributed by atoms with Gasteiger partial charge < -0.3 is 23.7 Å². The molecule has 55 heavy (non-hydrogen) atoms. The summed E-state index contributed by atoms with van der Waals surface area (Å²) in [6.45, 7) is 11.9. The Bertz CT molecular complexity index is 2030. The van der Waals surface area contributed by atoms with Crippen LogP contribution in [-0.4, -0.2) is 96.9 Å². The summed E-state index contributed by atoms with van der Waals surface area (Å²) in [6.07, 6.45) is 12.1. The Labute approximate surface area is 323 Å². The van der Waals surface area contributed by atoms with Crippen LogP contribution in [0, 0.1) is 12.8 Å². The van der Waals surface area contributed by atoms with E-state index in [4.69, 9.17) is 14.2 Å². The molecular weight excluding hydrogens is 697 g/mol. The molecule has 2 aromatic carbocycles. The highest BCUT2D eigenvalue weighted by atomic mass is 16.5. The number of methoxy groups -OCH3 is 1. The quantitative estimate of drug-likeness (QED) is 0.159. The maximum Gasteiger partial charge on any atom is 0.328 e. The maximum atomic E-state index is 13.2. The summed E-state index contributed by atoms with van der Waals surface area (Å²) in [5.74, 6) is 2.63. The van der Waals surface area contributed by atoms with Crippen molar-refractivity contribution in [1.29, 1.82) is 0 Å². The van der Waals surface area contributed by atoms with Crippen molar-refractivity contribution in [3.05, 3.63) is 77.0 Å². The largest absolute Gasteiger partial charge is 0.493 e. The fraction of sp³-hybridized carbons (Fsp3) is 0.488. The number of fused-ring (bicyclic) bond motifs is 1. The number of likely N-dealkylation sites (tertiary alicyclic amines) is 2. The Hall–Kier alpha value is -4.94. The fourth-order valence-corrected chi connectivity index (χ4v) is 8.10. The molecule has 0 radical (unpaired) electrons. The summed E-state index contributed by atoms with van der Waals surface area (Å²) < 4.78 is 20.3. The number of piperidine rings is 2. The highest BCUT2D eigenvalue weighted by molar-refractivity contribution is 6.06. The van der Waals surface area contributed by atoms with Gasteiger partial charge >= 0.3 is 6.03 Å². The predicted octanol–water partition coefficient (Wildman–Crippen LogP) is 6.26. The molecule has 12 nitrogen and oxygen atoms in total. The van der Waals surface area contributed by atoms with Gasteiger partial charge in [-0.2, -0.15) is 0 Å². The van der Waals surface area contributed by atoms with Crippen LogP contribution >= 0.6 is 0 Å². The number of hydrogen-bond donors (Lipinski definition) is 1. The van der Waals surface area contributed by atoms with E-state index in [1.54, 1.807) is 24.4 Å². The van der Waals surface area contributed by atoms with Crippen molar-refractivity contribution < 1.29 is 23.8 Å². The third-order valence-electron chi connectivity index (χ3n) is 11.4. The van der Waals surface area contributed by atoms with E-state index in [1.807, 2.05) is 54.1 Å². The normalized spacial score (nSPS) is 17.8. The van der Waals surface area contributed by atoms with Gasteiger partial charge in [-0.1, -0.05) is 25.5 Å². The Balaban J connectivity index is 0.861. The van der Waals surface area contributed by atoms with Crippen LogP contribution in [0.5, 0.6) is 17.2 Å². The number of carbonyl (C=O) groups is 2. The number of aryl methyl sites for hydroxylation is 2. The Morgan fingerprint density at radius 3 is 2.44 bits per heavy atom. The molecule has 2 aromatic heterocycles. The van der Waals surface area contributed by atoms with Gasteiger partial charge in [-0.15, -0.1) is 0 Å². The van der Waals surface area contributed by atoms with Gasteiger partial charge in [0.2, 0.25) is 5.91 Å². The number of rotatable bonds is 14. The second-order valence-corrected chi connectivity index (χ2v) is 15.1. The molecule has 7 rings (SSSR count). The summed E-state index contributed by atoms with van der Waals surface area (Å²) in [6, 6.07) is 13.4. The third kappa shape index (κ3) is 9.13. The van der Waals surface area contributed by atoms with Crippen LogP contribution in [0.15, 0.2) is 65.8 Å². The summed E-state index contributed by atoms with van der Waals surface area (Å²) in [7, 11) is 1.68. The monoisotopic (exact) mass is 750 g/mol. The number of nitrogens with one attached hydrogen (secondary N) is 1. The average Bonchev–Trinajstić information content (AvgIpc) is 3.20. The number of hydrogen-bond acceptors (Lipinski definition) is 9. The highest BCUT2D eigenvalue weighted by Gasteiger charge is 2.28. The number of urea groups is 1. The predicted molar refractivity (Wildman–Crippen MR) is 214 cm³/mol. The van der Waals surface area contributed by atoms with Gasteiger partial charge in [0.1, 0.15) is 18.5 Å². The minimum atomic E-state index is -0.381. The van der Waals surface area contributed by atoms with Crippen LogP contribution in [0.3, 0.4) is 0 Å². The molecule has 0 saturated carbocycles. The third-order valence-corrected chi connectivity index (χ3v) is 11.4. The first-order valence-electron chi connectivity index (χ1n) is 19.9. The zero-order valence-corrected chi connectivity index (χ0v) is 32.4. The van der Waals surface area contributed by atoms with Crippen LogP contribution in [-0.2, 0) is 11.3 Å². The number of nitrogens with zero attached hydrogens (tertiary/aromatic N) is 5. The van der Waals surface area contributed by atoms with Crippen LogP contribution in [0.4, 0.5) is 10.5 Å². The minimum absolute atomic E-state index is 0.00623. The SMILES string of the molecule is CCCCn1cc(-c2ccc(OC3CCN(CC4CCN(CCOc5ccc(C)c(N6CCC(=O)NC6=O)c5)CC4)CC3)c(OC)c2)c2ccncc2c1=O. The topological polar surface area (TPSA) is 118 Å². The molecule has 3 aliphatic rings. The molecule has 0 bridgehead atoms. The lowest BCUT2D eigenvalue weighted by molar-refractivity contribution is -0.120. The number of amides is 3. The summed E-state index contributed by atoms with van der Waals surface area (Å²) in [5.41, 5.74) is 3.69. The molecule has 12 heteroatoms. The molecule has 292 valence electrons. The lowest BCUT2D eigenvalue weighted by Gasteiger charge is -2.37. The van der Waals surface area contributed by atoms with E-state index in [9.17, 15) is 14.4 Å². The lowest BCUT2D eigenvalue weighted by Crippen LogP contribution is -2.49. The first-order valence-corrected chi connectivity index (χ1v) is 19.9. The van der Waals surface area contributed by atoms with Crippen molar-refractivity contribution in [2.24, 2.45) is 5.92 Å². The van der Waals surface area contributed by atoms with E-state index in [0.29, 0.717) is 43.2 Å². The van der Waals surface area contributed by atoms with Crippen molar-refractivity contribution in [3.63, 3.8) is 0 Å². The van der Waals surface area contributed by atoms with Crippen LogP contribution in [0.2, 0.25) is 0 Å². The van der Waals surface area contributed by atoms with Gasteiger partial charge in [0.15, 0.2) is 11.5 Å². The Morgan fingerprint density at radius 1 is 0.873 bits per heavy atom. The number of unbranched alkanes of at least 4 members (excludes halogenated alkanes) is 1. The molecule has 4 aromatic rings. The molecule has 0 aliphatic carbocycles. The van der Waals surface area contributed by atoms with Crippen LogP contribution < -0.4 is 30.0 Å². The van der Waals surface area contributed by atoms with E-state index in [1.165, 1.54) is 12.8 Å². The molecule has 3 aliphatic heterocycles. The number of ether oxygens (including phenoxy) is 3. The van der Waals surface area contributed by atoms with Gasteiger partial charge in [0.05, 0.1) is 18.2 Å². The van der Waals surface area contributed by atoms with Crippen molar-refractivity contribution >= 4 is 28.4 Å². The van der Waals surface area contributed by atoms with Crippen molar-refractivity contribution in [2.45, 2.75) is 71.4 Å². The molecule has 3 saturated heterocycles. The first kappa shape index (κ1) is 38.3. The van der Waals surface area contributed by atoms with E-state index in [2.05, 4.69) is 33.1 Å². The molecule has 5 heterocycles. The van der Waals surface area contributed by atoms with Crippen molar-refractivity contribution in [2.75, 3.05) is 64.4 Å². The van der Waals surface area contributed by atoms with Crippen molar-refractivity contribution in [1.82, 2.24) is 24.7 Å². The number of pyridine rings is 2. The smallest absolute Gasteiger partial charge is 0.328 e. The van der Waals surface area contributed by atoms with Gasteiger partial charge in [-0.3, -0.25) is 29.7 Å². The van der Waals surface area contributed by atoms with Gasteiger partial charge in [-0.25, -0.2) is 4.79 Å². The number of imide groups is 1. The molecule has 3 fully saturated rings. The lowest BCUT2D eigenvalue weighted by atomic mass is 9.95. The van der Waals surface area contributed by atoms with E-state index >= 15 is 0 Å². The average molecular weight is 751 g/mol.